The first-order valence-corrected chi connectivity index (χ1v) is 7.39. The molecule has 0 radical (unpaired) electrons. The van der Waals surface area contributed by atoms with E-state index in [9.17, 15) is 4.79 Å². The van der Waals surface area contributed by atoms with E-state index in [1.807, 2.05) is 30.3 Å². The van der Waals surface area contributed by atoms with Crippen molar-refractivity contribution in [1.82, 2.24) is 4.98 Å². The van der Waals surface area contributed by atoms with Crippen LogP contribution in [0.2, 0.25) is 0 Å². The summed E-state index contributed by atoms with van der Waals surface area (Å²) in [5.41, 5.74) is 0.692. The fourth-order valence-electron chi connectivity index (χ4n) is 2.36. The predicted molar refractivity (Wildman–Crippen MR) is 82.9 cm³/mol. The van der Waals surface area contributed by atoms with E-state index in [-0.39, 0.29) is 11.8 Å². The number of amides is 1. The molecular formula is C17H18N2O3. The molecule has 2 aromatic rings. The Labute approximate surface area is 129 Å². The maximum absolute atomic E-state index is 12.2. The van der Waals surface area contributed by atoms with Crippen LogP contribution in [-0.4, -0.2) is 24.1 Å². The molecule has 1 aliphatic heterocycles. The highest BCUT2D eigenvalue weighted by atomic mass is 16.5. The second kappa shape index (κ2) is 7.04. The van der Waals surface area contributed by atoms with Gasteiger partial charge in [-0.1, -0.05) is 18.2 Å². The average Bonchev–Trinajstić information content (AvgIpc) is 2.57. The van der Waals surface area contributed by atoms with E-state index in [0.717, 1.165) is 12.8 Å². The first-order chi connectivity index (χ1) is 10.8. The van der Waals surface area contributed by atoms with Crippen LogP contribution in [0.1, 0.15) is 12.8 Å². The molecule has 0 saturated carbocycles. The van der Waals surface area contributed by atoms with Gasteiger partial charge in [-0.2, -0.15) is 0 Å². The van der Waals surface area contributed by atoms with Gasteiger partial charge in [-0.25, -0.2) is 4.98 Å². The molecule has 1 aliphatic rings. The molecule has 0 unspecified atom stereocenters. The van der Waals surface area contributed by atoms with Gasteiger partial charge in [-0.15, -0.1) is 0 Å². The lowest BCUT2D eigenvalue weighted by Gasteiger charge is -2.21. The normalized spacial score (nSPS) is 15.3. The number of ether oxygens (including phenoxy) is 2. The number of benzene rings is 1. The fourth-order valence-corrected chi connectivity index (χ4v) is 2.36. The first kappa shape index (κ1) is 14.5. The summed E-state index contributed by atoms with van der Waals surface area (Å²) in [5.74, 6) is 1.21. The highest BCUT2D eigenvalue weighted by Crippen LogP contribution is 2.22. The number of carbonyl (C=O) groups is 1. The number of rotatable bonds is 4. The molecular weight excluding hydrogens is 280 g/mol. The quantitative estimate of drug-likeness (QED) is 0.941. The minimum Gasteiger partial charge on any atom is -0.439 e. The number of pyridine rings is 1. The van der Waals surface area contributed by atoms with Crippen LogP contribution in [0.4, 0.5) is 5.69 Å². The van der Waals surface area contributed by atoms with Crippen LogP contribution in [0, 0.1) is 5.92 Å². The molecule has 0 aliphatic carbocycles. The van der Waals surface area contributed by atoms with Crippen molar-refractivity contribution < 1.29 is 14.3 Å². The molecule has 1 fully saturated rings. The summed E-state index contributed by atoms with van der Waals surface area (Å²) in [6.45, 7) is 1.30. The molecule has 0 spiro atoms. The number of nitrogens with one attached hydrogen (secondary N) is 1. The maximum Gasteiger partial charge on any atom is 0.227 e. The predicted octanol–water partition coefficient (Wildman–Crippen LogP) is 3.24. The van der Waals surface area contributed by atoms with Gasteiger partial charge in [0.1, 0.15) is 5.75 Å². The van der Waals surface area contributed by atoms with E-state index < -0.39 is 0 Å². The third-order valence-electron chi connectivity index (χ3n) is 3.56. The number of hydrogen-bond donors (Lipinski definition) is 1. The van der Waals surface area contributed by atoms with Gasteiger partial charge in [-0.05, 0) is 31.0 Å². The Morgan fingerprint density at radius 3 is 2.73 bits per heavy atom. The standard InChI is InChI=1S/C17H18N2O3/c20-17(13-7-10-21-11-8-13)19-14-6-9-18-16(12-14)22-15-4-2-1-3-5-15/h1-6,9,12-13H,7-8,10-11H2,(H,18,19,20). The molecule has 114 valence electrons. The van der Waals surface area contributed by atoms with Crippen molar-refractivity contribution in [2.45, 2.75) is 12.8 Å². The summed E-state index contributed by atoms with van der Waals surface area (Å²) in [5, 5.41) is 2.92. The molecule has 5 nitrogen and oxygen atoms in total. The van der Waals surface area contributed by atoms with Crippen molar-refractivity contribution in [3.8, 4) is 11.6 Å². The SMILES string of the molecule is O=C(Nc1ccnc(Oc2ccccc2)c1)C1CCOCC1. The van der Waals surface area contributed by atoms with Gasteiger partial charge in [0, 0.05) is 37.1 Å². The summed E-state index contributed by atoms with van der Waals surface area (Å²) in [4.78, 5) is 16.4. The molecule has 0 atom stereocenters. The Morgan fingerprint density at radius 1 is 1.18 bits per heavy atom. The molecule has 3 rings (SSSR count). The molecule has 1 saturated heterocycles. The van der Waals surface area contributed by atoms with Gasteiger partial charge in [0.2, 0.25) is 11.8 Å². The zero-order valence-corrected chi connectivity index (χ0v) is 12.2. The lowest BCUT2D eigenvalue weighted by Crippen LogP contribution is -2.28. The van der Waals surface area contributed by atoms with E-state index in [0.29, 0.717) is 30.5 Å². The van der Waals surface area contributed by atoms with Crippen molar-refractivity contribution in [2.24, 2.45) is 5.92 Å². The zero-order valence-electron chi connectivity index (χ0n) is 12.2. The molecule has 5 heteroatoms. The second-order valence-electron chi connectivity index (χ2n) is 5.17. The van der Waals surface area contributed by atoms with Crippen molar-refractivity contribution >= 4 is 11.6 Å². The van der Waals surface area contributed by atoms with Gasteiger partial charge in [0.15, 0.2) is 0 Å². The Kier molecular flexibility index (Phi) is 4.65. The van der Waals surface area contributed by atoms with E-state index in [2.05, 4.69) is 10.3 Å². The van der Waals surface area contributed by atoms with Crippen LogP contribution in [-0.2, 0) is 9.53 Å². The third kappa shape index (κ3) is 3.83. The average molecular weight is 298 g/mol. The Balaban J connectivity index is 1.64. The summed E-state index contributed by atoms with van der Waals surface area (Å²) >= 11 is 0. The highest BCUT2D eigenvalue weighted by Gasteiger charge is 2.21. The van der Waals surface area contributed by atoms with Crippen LogP contribution >= 0.6 is 0 Å². The molecule has 1 amide bonds. The Bertz CT molecular complexity index is 625. The number of aromatic nitrogens is 1. The lowest BCUT2D eigenvalue weighted by molar-refractivity contribution is -0.122. The minimum absolute atomic E-state index is 0.0143. The van der Waals surface area contributed by atoms with Crippen LogP contribution in [0.25, 0.3) is 0 Å². The zero-order chi connectivity index (χ0) is 15.2. The highest BCUT2D eigenvalue weighted by molar-refractivity contribution is 5.92. The molecule has 1 aromatic heterocycles. The summed E-state index contributed by atoms with van der Waals surface area (Å²) in [6.07, 6.45) is 3.16. The van der Waals surface area contributed by atoms with Gasteiger partial charge in [0.25, 0.3) is 0 Å². The summed E-state index contributed by atoms with van der Waals surface area (Å²) in [7, 11) is 0. The molecule has 22 heavy (non-hydrogen) atoms. The van der Waals surface area contributed by atoms with Crippen LogP contribution in [0.5, 0.6) is 11.6 Å². The van der Waals surface area contributed by atoms with Crippen LogP contribution in [0.3, 0.4) is 0 Å². The summed E-state index contributed by atoms with van der Waals surface area (Å²) in [6, 6.07) is 12.9. The molecule has 2 heterocycles. The van der Waals surface area contributed by atoms with E-state index >= 15 is 0 Å². The van der Waals surface area contributed by atoms with E-state index in [1.54, 1.807) is 18.3 Å². The number of hydrogen-bond acceptors (Lipinski definition) is 4. The number of carbonyl (C=O) groups excluding carboxylic acids is 1. The van der Waals surface area contributed by atoms with Crippen LogP contribution in [0.15, 0.2) is 48.7 Å². The van der Waals surface area contributed by atoms with Gasteiger partial charge >= 0.3 is 0 Å². The monoisotopic (exact) mass is 298 g/mol. The van der Waals surface area contributed by atoms with Crippen molar-refractivity contribution in [3.63, 3.8) is 0 Å². The first-order valence-electron chi connectivity index (χ1n) is 7.39. The maximum atomic E-state index is 12.2. The largest absolute Gasteiger partial charge is 0.439 e. The smallest absolute Gasteiger partial charge is 0.227 e. The van der Waals surface area contributed by atoms with Crippen molar-refractivity contribution in [1.29, 1.82) is 0 Å². The molecule has 1 aromatic carbocycles. The number of nitrogens with zero attached hydrogens (tertiary/aromatic N) is 1. The van der Waals surface area contributed by atoms with Gasteiger partial charge in [0.05, 0.1) is 0 Å². The Hall–Kier alpha value is -2.40. The number of para-hydroxylation sites is 1. The van der Waals surface area contributed by atoms with E-state index in [4.69, 9.17) is 9.47 Å². The van der Waals surface area contributed by atoms with E-state index in [1.165, 1.54) is 0 Å². The molecule has 0 bridgehead atoms. The van der Waals surface area contributed by atoms with Crippen LogP contribution < -0.4 is 10.1 Å². The van der Waals surface area contributed by atoms with Crippen molar-refractivity contribution in [2.75, 3.05) is 18.5 Å². The third-order valence-corrected chi connectivity index (χ3v) is 3.56. The van der Waals surface area contributed by atoms with Gasteiger partial charge < -0.3 is 14.8 Å². The minimum atomic E-state index is 0.0143. The second-order valence-corrected chi connectivity index (χ2v) is 5.17. The molecule has 1 N–H and O–H groups in total. The fraction of sp³-hybridized carbons (Fsp3) is 0.294. The van der Waals surface area contributed by atoms with Crippen molar-refractivity contribution in [3.05, 3.63) is 48.7 Å². The van der Waals surface area contributed by atoms with Gasteiger partial charge in [-0.3, -0.25) is 4.79 Å². The Morgan fingerprint density at radius 2 is 1.95 bits per heavy atom. The topological polar surface area (TPSA) is 60.5 Å². The number of anilines is 1. The lowest BCUT2D eigenvalue weighted by atomic mass is 9.99. The summed E-state index contributed by atoms with van der Waals surface area (Å²) < 4.78 is 10.9.